The van der Waals surface area contributed by atoms with Crippen LogP contribution in [0.2, 0.25) is 0 Å². The van der Waals surface area contributed by atoms with E-state index in [-0.39, 0.29) is 30.4 Å². The summed E-state index contributed by atoms with van der Waals surface area (Å²) in [6.45, 7) is 3.80. The number of aryl methyl sites for hydroxylation is 2. The molecule has 0 spiro atoms. The predicted molar refractivity (Wildman–Crippen MR) is 117 cm³/mol. The normalized spacial score (nSPS) is 14.8. The fourth-order valence-electron chi connectivity index (χ4n) is 3.49. The Morgan fingerprint density at radius 1 is 1.24 bits per heavy atom. The average molecular weight is 466 g/mol. The number of hydrogen-bond acceptors (Lipinski definition) is 8. The van der Waals surface area contributed by atoms with Crippen LogP contribution in [0.3, 0.4) is 0 Å². The van der Waals surface area contributed by atoms with Crippen molar-refractivity contribution in [2.45, 2.75) is 26.3 Å². The molecule has 2 N–H and O–H groups in total. The highest BCUT2D eigenvalue weighted by Crippen LogP contribution is 2.29. The van der Waals surface area contributed by atoms with Crippen LogP contribution in [0.15, 0.2) is 29.5 Å². The van der Waals surface area contributed by atoms with Gasteiger partial charge in [0, 0.05) is 25.7 Å². The van der Waals surface area contributed by atoms with Gasteiger partial charge in [0.25, 0.3) is 0 Å². The lowest BCUT2D eigenvalue weighted by atomic mass is 10.0. The van der Waals surface area contributed by atoms with E-state index in [1.807, 2.05) is 6.07 Å². The Balaban J connectivity index is 1.35. The number of nitrogens with zero attached hydrogens (tertiary/aromatic N) is 8. The number of nitriles is 1. The first-order chi connectivity index (χ1) is 16.4. The van der Waals surface area contributed by atoms with Crippen LogP contribution in [0.25, 0.3) is 5.82 Å². The minimum atomic E-state index is -0.651. The number of hydrazone groups is 1. The number of carbonyl (C=O) groups excluding carboxylic acids is 1. The van der Waals surface area contributed by atoms with Gasteiger partial charge in [0.05, 0.1) is 23.9 Å². The summed E-state index contributed by atoms with van der Waals surface area (Å²) in [7, 11) is 0. The number of urea groups is 1. The number of carbonyl (C=O) groups is 1. The van der Waals surface area contributed by atoms with Crippen molar-refractivity contribution in [3.8, 4) is 11.9 Å². The summed E-state index contributed by atoms with van der Waals surface area (Å²) in [5.41, 5.74) is 0.648. The fourth-order valence-corrected chi connectivity index (χ4v) is 3.49. The highest BCUT2D eigenvalue weighted by Gasteiger charge is 2.28. The molecule has 11 nitrogen and oxygen atoms in total. The van der Waals surface area contributed by atoms with Crippen molar-refractivity contribution in [1.82, 2.24) is 35.1 Å². The third-order valence-corrected chi connectivity index (χ3v) is 4.96. The van der Waals surface area contributed by atoms with Gasteiger partial charge in [-0.3, -0.25) is 0 Å². The first kappa shape index (κ1) is 22.7. The highest BCUT2D eigenvalue weighted by atomic mass is 19.1. The van der Waals surface area contributed by atoms with Gasteiger partial charge in [-0.2, -0.15) is 20.0 Å². The molecule has 3 heterocycles. The molecule has 13 heteroatoms. The molecule has 0 saturated carbocycles. The fraction of sp³-hybridized carbons (Fsp3) is 0.286. The molecule has 3 aromatic rings. The van der Waals surface area contributed by atoms with E-state index in [1.54, 1.807) is 20.1 Å². The molecule has 0 saturated heterocycles. The largest absolute Gasteiger partial charge is 0.352 e. The number of anilines is 1. The summed E-state index contributed by atoms with van der Waals surface area (Å²) in [6.07, 6.45) is 2.98. The molecule has 1 aliphatic rings. The van der Waals surface area contributed by atoms with Gasteiger partial charge in [-0.15, -0.1) is 5.10 Å². The van der Waals surface area contributed by atoms with Gasteiger partial charge in [0.2, 0.25) is 5.95 Å². The number of benzene rings is 1. The molecule has 4 rings (SSSR count). The van der Waals surface area contributed by atoms with Gasteiger partial charge in [0.1, 0.15) is 17.5 Å². The molecule has 0 unspecified atom stereocenters. The number of rotatable bonds is 6. The molecular weight excluding hydrogens is 446 g/mol. The lowest BCUT2D eigenvalue weighted by Gasteiger charge is -2.22. The third kappa shape index (κ3) is 4.80. The molecule has 0 aliphatic carbocycles. The summed E-state index contributed by atoms with van der Waals surface area (Å²) >= 11 is 0. The summed E-state index contributed by atoms with van der Waals surface area (Å²) < 4.78 is 29.3. The molecule has 0 bridgehead atoms. The van der Waals surface area contributed by atoms with E-state index in [2.05, 4.69) is 35.8 Å². The monoisotopic (exact) mass is 466 g/mol. The highest BCUT2D eigenvalue weighted by molar-refractivity contribution is 5.78. The first-order valence-electron chi connectivity index (χ1n) is 10.3. The van der Waals surface area contributed by atoms with Gasteiger partial charge in [-0.25, -0.2) is 28.6 Å². The van der Waals surface area contributed by atoms with Gasteiger partial charge in [-0.1, -0.05) is 0 Å². The summed E-state index contributed by atoms with van der Waals surface area (Å²) in [4.78, 5) is 24.8. The van der Waals surface area contributed by atoms with Gasteiger partial charge in [0.15, 0.2) is 11.6 Å². The Morgan fingerprint density at radius 2 is 2.06 bits per heavy atom. The van der Waals surface area contributed by atoms with Gasteiger partial charge < -0.3 is 10.6 Å². The Morgan fingerprint density at radius 3 is 2.79 bits per heavy atom. The molecule has 1 aromatic carbocycles. The Bertz CT molecular complexity index is 1300. The van der Waals surface area contributed by atoms with Crippen molar-refractivity contribution in [1.29, 1.82) is 5.26 Å². The summed E-state index contributed by atoms with van der Waals surface area (Å²) in [6, 6.07) is 4.84. The third-order valence-electron chi connectivity index (χ3n) is 4.96. The van der Waals surface area contributed by atoms with E-state index >= 15 is 0 Å². The van der Waals surface area contributed by atoms with E-state index in [1.165, 1.54) is 21.8 Å². The van der Waals surface area contributed by atoms with Crippen molar-refractivity contribution in [3.05, 3.63) is 58.8 Å². The zero-order valence-corrected chi connectivity index (χ0v) is 18.3. The second-order valence-electron chi connectivity index (χ2n) is 7.42. The Kier molecular flexibility index (Phi) is 6.39. The van der Waals surface area contributed by atoms with Crippen molar-refractivity contribution in [3.63, 3.8) is 0 Å². The van der Waals surface area contributed by atoms with Crippen molar-refractivity contribution < 1.29 is 13.6 Å². The number of amides is 2. The SMILES string of the molecule is Cc1nc(C)n(-c2nc(NCCNC(=O)N3N=CC[C@H]3c3cc(F)cc(C#N)c3)ncc2F)n1. The van der Waals surface area contributed by atoms with Crippen LogP contribution >= 0.6 is 0 Å². The smallest absolute Gasteiger partial charge is 0.338 e. The summed E-state index contributed by atoms with van der Waals surface area (Å²) in [5, 5.41) is 24.1. The molecule has 34 heavy (non-hydrogen) atoms. The minimum absolute atomic E-state index is 0.0410. The van der Waals surface area contributed by atoms with Crippen LogP contribution in [0, 0.1) is 36.8 Å². The first-order valence-corrected chi connectivity index (χ1v) is 10.3. The van der Waals surface area contributed by atoms with E-state index < -0.39 is 23.7 Å². The van der Waals surface area contributed by atoms with Gasteiger partial charge >= 0.3 is 6.03 Å². The van der Waals surface area contributed by atoms with E-state index in [0.29, 0.717) is 23.6 Å². The average Bonchev–Trinajstić information content (AvgIpc) is 3.43. The van der Waals surface area contributed by atoms with Crippen LogP contribution in [-0.2, 0) is 0 Å². The quantitative estimate of drug-likeness (QED) is 0.532. The lowest BCUT2D eigenvalue weighted by molar-refractivity contribution is 0.186. The minimum Gasteiger partial charge on any atom is -0.352 e. The van der Waals surface area contributed by atoms with Crippen LogP contribution in [-0.4, -0.2) is 55.1 Å². The second kappa shape index (κ2) is 9.57. The topological polar surface area (TPSA) is 137 Å². The maximum Gasteiger partial charge on any atom is 0.338 e. The number of aromatic nitrogens is 5. The standard InChI is InChI=1S/C21H20F2N10O/c1-12-29-13(2)32(31-12)19-17(23)11-27-20(30-19)25-5-6-26-21(34)33-18(3-4-28-33)15-7-14(10-24)8-16(22)9-15/h4,7-9,11,18H,3,5-6H2,1-2H3,(H,26,34)(H,25,27,30)/t18-/m0/s1. The molecule has 2 amide bonds. The van der Waals surface area contributed by atoms with Crippen molar-refractivity contribution in [2.24, 2.45) is 5.10 Å². The van der Waals surface area contributed by atoms with E-state index in [4.69, 9.17) is 5.26 Å². The zero-order chi connectivity index (χ0) is 24.2. The van der Waals surface area contributed by atoms with Crippen LogP contribution < -0.4 is 10.6 Å². The molecule has 174 valence electrons. The zero-order valence-electron chi connectivity index (χ0n) is 18.3. The molecular formula is C21H20F2N10O. The number of halogens is 2. The van der Waals surface area contributed by atoms with Crippen LogP contribution in [0.4, 0.5) is 19.5 Å². The Labute approximate surface area is 193 Å². The van der Waals surface area contributed by atoms with E-state index in [0.717, 1.165) is 12.3 Å². The van der Waals surface area contributed by atoms with E-state index in [9.17, 15) is 13.6 Å². The number of nitrogens with one attached hydrogen (secondary N) is 2. The molecule has 0 fully saturated rings. The molecule has 0 radical (unpaired) electrons. The van der Waals surface area contributed by atoms with Crippen molar-refractivity contribution in [2.75, 3.05) is 18.4 Å². The van der Waals surface area contributed by atoms with Crippen molar-refractivity contribution >= 4 is 18.2 Å². The number of hydrogen-bond donors (Lipinski definition) is 2. The van der Waals surface area contributed by atoms with Crippen LogP contribution in [0.1, 0.15) is 35.2 Å². The maximum absolute atomic E-state index is 14.2. The maximum atomic E-state index is 14.2. The lowest BCUT2D eigenvalue weighted by Crippen LogP contribution is -2.39. The Hall–Kier alpha value is -4.47. The molecule has 1 atom stereocenters. The second-order valence-corrected chi connectivity index (χ2v) is 7.42. The molecule has 2 aromatic heterocycles. The summed E-state index contributed by atoms with van der Waals surface area (Å²) in [5.74, 6) is -0.131. The molecule has 1 aliphatic heterocycles. The van der Waals surface area contributed by atoms with Gasteiger partial charge in [-0.05, 0) is 37.6 Å². The van der Waals surface area contributed by atoms with Crippen LogP contribution in [0.5, 0.6) is 0 Å². The predicted octanol–water partition coefficient (Wildman–Crippen LogP) is 2.38.